The summed E-state index contributed by atoms with van der Waals surface area (Å²) in [7, 11) is 0. The second kappa shape index (κ2) is 5.90. The minimum atomic E-state index is -1.84. The maximum atomic E-state index is 2.60. The predicted molar refractivity (Wildman–Crippen MR) is 94.4 cm³/mol. The Labute approximate surface area is 141 Å². The quantitative estimate of drug-likeness (QED) is 0.544. The summed E-state index contributed by atoms with van der Waals surface area (Å²) in [5, 5.41) is 0. The van der Waals surface area contributed by atoms with Crippen molar-refractivity contribution in [2.45, 2.75) is 23.2 Å². The molecule has 0 fully saturated rings. The van der Waals surface area contributed by atoms with Gasteiger partial charge in [0.25, 0.3) is 0 Å². The van der Waals surface area contributed by atoms with Gasteiger partial charge in [0.2, 0.25) is 0 Å². The molecule has 0 radical (unpaired) electrons. The van der Waals surface area contributed by atoms with Crippen molar-refractivity contribution in [3.63, 3.8) is 0 Å². The van der Waals surface area contributed by atoms with E-state index in [2.05, 4.69) is 79.9 Å². The average molecular weight is 468 g/mol. The van der Waals surface area contributed by atoms with Crippen LogP contribution in [-0.2, 0) is 20.6 Å². The van der Waals surface area contributed by atoms with Crippen LogP contribution in [0.15, 0.2) is 70.1 Å². The number of hydrogen-bond acceptors (Lipinski definition) is 0. The molecule has 0 bridgehead atoms. The molecular weight excluding hydrogens is 447 g/mol. The third-order valence-corrected chi connectivity index (χ3v) is 33.8. The van der Waals surface area contributed by atoms with Crippen LogP contribution in [0.3, 0.4) is 0 Å². The molecule has 0 N–H and O–H groups in total. The fourth-order valence-electron chi connectivity index (χ4n) is 4.04. The minimum absolute atomic E-state index is 0.605. The van der Waals surface area contributed by atoms with Gasteiger partial charge in [0.1, 0.15) is 0 Å². The molecule has 4 rings (SSSR count). The number of benzene rings is 2. The fourth-order valence-corrected chi connectivity index (χ4v) is 33.2. The van der Waals surface area contributed by atoms with Crippen molar-refractivity contribution in [1.82, 2.24) is 0 Å². The summed E-state index contributed by atoms with van der Waals surface area (Å²) in [6, 6.07) is 18.4. The maximum absolute atomic E-state index is 2.60. The van der Waals surface area contributed by atoms with E-state index in [1.807, 2.05) is 3.33 Å². The molecule has 0 atom stereocenters. The monoisotopic (exact) mass is 469 g/mol. The molecule has 0 saturated carbocycles. The Morgan fingerprint density at radius 2 is 1.50 bits per heavy atom. The van der Waals surface area contributed by atoms with Crippen molar-refractivity contribution in [3.05, 3.63) is 81.2 Å². The summed E-state index contributed by atoms with van der Waals surface area (Å²) in [4.78, 5) is 0. The third kappa shape index (κ3) is 2.28. The van der Waals surface area contributed by atoms with E-state index >= 15 is 0 Å². The Balaban J connectivity index is 1.90. The molecular formula is C20H21HfSi. The molecule has 2 heteroatoms. The Morgan fingerprint density at radius 1 is 0.909 bits per heavy atom. The summed E-state index contributed by atoms with van der Waals surface area (Å²) in [6.07, 6.45) is 8.37. The standard InChI is InChI=1S/C13H9.C5H5.C2H7Si.Hf/c1-3-7-12-10(5-1)9-11-6-2-4-8-13(11)12;1-2-4-5-3-1;1-3-2;/h1-9H;1-3H,4H2;3H,1-2H3;. The zero-order valence-corrected chi connectivity index (χ0v) is 18.0. The van der Waals surface area contributed by atoms with Gasteiger partial charge in [-0.3, -0.25) is 0 Å². The summed E-state index contributed by atoms with van der Waals surface area (Å²) < 4.78 is 2.64. The second-order valence-electron chi connectivity index (χ2n) is 6.54. The van der Waals surface area contributed by atoms with Gasteiger partial charge in [-0.25, -0.2) is 0 Å². The molecule has 0 spiro atoms. The summed E-state index contributed by atoms with van der Waals surface area (Å²) in [5.74, 6) is -0.605. The van der Waals surface area contributed by atoms with Gasteiger partial charge in [-0.05, 0) is 0 Å². The summed E-state index contributed by atoms with van der Waals surface area (Å²) >= 11 is -1.84. The summed E-state index contributed by atoms with van der Waals surface area (Å²) in [5.41, 5.74) is 6.29. The molecule has 0 nitrogen and oxygen atoms in total. The van der Waals surface area contributed by atoms with Crippen molar-refractivity contribution in [2.24, 2.45) is 0 Å². The molecule has 2 aromatic carbocycles. The topological polar surface area (TPSA) is 0 Å². The van der Waals surface area contributed by atoms with Crippen molar-refractivity contribution < 1.29 is 20.6 Å². The Kier molecular flexibility index (Phi) is 3.91. The van der Waals surface area contributed by atoms with Crippen molar-refractivity contribution >= 4 is 5.98 Å². The molecule has 22 heavy (non-hydrogen) atoms. The Hall–Kier alpha value is -0.993. The molecule has 0 aromatic heterocycles. The van der Waals surface area contributed by atoms with E-state index < -0.39 is 26.6 Å². The second-order valence-corrected chi connectivity index (χ2v) is 34.0. The van der Waals surface area contributed by atoms with Crippen LogP contribution in [-0.4, -0.2) is 5.98 Å². The van der Waals surface area contributed by atoms with E-state index in [9.17, 15) is 0 Å². The van der Waals surface area contributed by atoms with E-state index in [1.165, 1.54) is 17.5 Å². The molecule has 109 valence electrons. The molecule has 0 aliphatic heterocycles. The SMILES string of the molecule is C[SiH](C)[Hf]([C]1=CC=CC1)[CH]1c2ccccc2-c2ccccc21. The first-order chi connectivity index (χ1) is 10.8. The first kappa shape index (κ1) is 14.6. The number of fused-ring (bicyclic) bond motifs is 3. The molecule has 0 amide bonds. The van der Waals surface area contributed by atoms with Crippen LogP contribution in [0.4, 0.5) is 0 Å². The average Bonchev–Trinajstić information content (AvgIpc) is 3.16. The van der Waals surface area contributed by atoms with E-state index in [1.54, 1.807) is 11.1 Å². The Morgan fingerprint density at radius 3 is 2.00 bits per heavy atom. The summed E-state index contributed by atoms with van der Waals surface area (Å²) in [6.45, 7) is 5.20. The number of allylic oxidation sites excluding steroid dienone is 4. The van der Waals surface area contributed by atoms with Crippen LogP contribution in [0, 0.1) is 0 Å². The third-order valence-electron chi connectivity index (χ3n) is 4.91. The molecule has 2 aliphatic rings. The van der Waals surface area contributed by atoms with Crippen molar-refractivity contribution in [1.29, 1.82) is 0 Å². The predicted octanol–water partition coefficient (Wildman–Crippen LogP) is 5.20. The van der Waals surface area contributed by atoms with Crippen LogP contribution in [0.1, 0.15) is 21.2 Å². The van der Waals surface area contributed by atoms with Gasteiger partial charge in [0.05, 0.1) is 0 Å². The van der Waals surface area contributed by atoms with Crippen LogP contribution in [0.2, 0.25) is 13.1 Å². The molecule has 0 unspecified atom stereocenters. The van der Waals surface area contributed by atoms with Crippen molar-refractivity contribution in [3.8, 4) is 11.1 Å². The van der Waals surface area contributed by atoms with Crippen LogP contribution in [0.5, 0.6) is 0 Å². The van der Waals surface area contributed by atoms with Gasteiger partial charge in [0.15, 0.2) is 0 Å². The van der Waals surface area contributed by atoms with Gasteiger partial charge in [-0.1, -0.05) is 0 Å². The fraction of sp³-hybridized carbons (Fsp3) is 0.200. The van der Waals surface area contributed by atoms with Gasteiger partial charge >= 0.3 is 142 Å². The number of hydrogen-bond donors (Lipinski definition) is 0. The Bertz CT molecular complexity index is 727. The van der Waals surface area contributed by atoms with E-state index in [-0.39, 0.29) is 0 Å². The van der Waals surface area contributed by atoms with E-state index in [0.29, 0.717) is 0 Å². The van der Waals surface area contributed by atoms with E-state index in [4.69, 9.17) is 0 Å². The number of rotatable bonds is 3. The molecule has 0 heterocycles. The van der Waals surface area contributed by atoms with Crippen LogP contribution < -0.4 is 0 Å². The van der Waals surface area contributed by atoms with Crippen LogP contribution >= 0.6 is 0 Å². The van der Waals surface area contributed by atoms with Crippen LogP contribution in [0.25, 0.3) is 11.1 Å². The van der Waals surface area contributed by atoms with Gasteiger partial charge in [0, 0.05) is 0 Å². The van der Waals surface area contributed by atoms with Crippen molar-refractivity contribution in [2.75, 3.05) is 0 Å². The van der Waals surface area contributed by atoms with Gasteiger partial charge in [-0.15, -0.1) is 0 Å². The first-order valence-corrected chi connectivity index (χ1v) is 21.2. The molecule has 0 saturated heterocycles. The van der Waals surface area contributed by atoms with E-state index in [0.717, 1.165) is 3.67 Å². The first-order valence-electron chi connectivity index (χ1n) is 8.18. The van der Waals surface area contributed by atoms with Gasteiger partial charge in [-0.2, -0.15) is 0 Å². The normalized spacial score (nSPS) is 15.9. The zero-order valence-electron chi connectivity index (χ0n) is 13.2. The molecule has 2 aliphatic carbocycles. The zero-order chi connectivity index (χ0) is 15.1. The molecule has 2 aromatic rings. The van der Waals surface area contributed by atoms with Gasteiger partial charge < -0.3 is 0 Å².